The third-order valence-corrected chi connectivity index (χ3v) is 4.19. The molecule has 6 heteroatoms. The lowest BCUT2D eigenvalue weighted by atomic mass is 10.1. The van der Waals surface area contributed by atoms with Crippen LogP contribution in [0.15, 0.2) is 48.5 Å². The van der Waals surface area contributed by atoms with Gasteiger partial charge in [-0.25, -0.2) is 4.79 Å². The summed E-state index contributed by atoms with van der Waals surface area (Å²) in [6.07, 6.45) is 0.909. The standard InChI is InChI=1S/C21H23NO5/c1-3-26-18-13-15(9-12-17(18)25-2)21(24)27-19(14-7-5-4-6-8-14)20(23)22-16-10-11-16/h4-9,12-13,16,19H,3,10-11H2,1-2H3,(H,22,23)/t19-/m1/s1. The fourth-order valence-corrected chi connectivity index (χ4v) is 2.65. The van der Waals surface area contributed by atoms with Crippen LogP contribution in [0.4, 0.5) is 0 Å². The van der Waals surface area contributed by atoms with E-state index >= 15 is 0 Å². The fraction of sp³-hybridized carbons (Fsp3) is 0.333. The van der Waals surface area contributed by atoms with E-state index in [1.807, 2.05) is 13.0 Å². The summed E-state index contributed by atoms with van der Waals surface area (Å²) in [5, 5.41) is 2.90. The maximum absolute atomic E-state index is 12.7. The number of rotatable bonds is 8. The molecule has 1 saturated carbocycles. The lowest BCUT2D eigenvalue weighted by Crippen LogP contribution is -2.33. The molecule has 2 aromatic carbocycles. The summed E-state index contributed by atoms with van der Waals surface area (Å²) in [5.74, 6) is 0.0710. The maximum atomic E-state index is 12.7. The van der Waals surface area contributed by atoms with Gasteiger partial charge in [-0.3, -0.25) is 4.79 Å². The maximum Gasteiger partial charge on any atom is 0.339 e. The Morgan fingerprint density at radius 3 is 2.48 bits per heavy atom. The van der Waals surface area contributed by atoms with Crippen molar-refractivity contribution < 1.29 is 23.8 Å². The number of ether oxygens (including phenoxy) is 3. The van der Waals surface area contributed by atoms with Gasteiger partial charge >= 0.3 is 5.97 Å². The van der Waals surface area contributed by atoms with E-state index in [2.05, 4.69) is 5.32 Å². The fourth-order valence-electron chi connectivity index (χ4n) is 2.65. The van der Waals surface area contributed by atoms with Crippen molar-refractivity contribution in [3.05, 3.63) is 59.7 Å². The van der Waals surface area contributed by atoms with Gasteiger partial charge in [0.15, 0.2) is 11.5 Å². The summed E-state index contributed by atoms with van der Waals surface area (Å²) < 4.78 is 16.3. The molecule has 1 atom stereocenters. The summed E-state index contributed by atoms with van der Waals surface area (Å²) in [6, 6.07) is 14.0. The molecule has 1 aliphatic rings. The molecule has 0 aromatic heterocycles. The number of methoxy groups -OCH3 is 1. The van der Waals surface area contributed by atoms with Crippen molar-refractivity contribution >= 4 is 11.9 Å². The van der Waals surface area contributed by atoms with Crippen LogP contribution < -0.4 is 14.8 Å². The molecule has 2 aromatic rings. The van der Waals surface area contributed by atoms with Crippen molar-refractivity contribution in [3.63, 3.8) is 0 Å². The lowest BCUT2D eigenvalue weighted by molar-refractivity contribution is -0.130. The van der Waals surface area contributed by atoms with Crippen LogP contribution in [0.3, 0.4) is 0 Å². The van der Waals surface area contributed by atoms with Crippen LogP contribution in [0.5, 0.6) is 11.5 Å². The number of nitrogens with one attached hydrogen (secondary N) is 1. The van der Waals surface area contributed by atoms with Gasteiger partial charge in [-0.15, -0.1) is 0 Å². The number of hydrogen-bond acceptors (Lipinski definition) is 5. The number of carbonyl (C=O) groups excluding carboxylic acids is 2. The molecule has 1 N–H and O–H groups in total. The monoisotopic (exact) mass is 369 g/mol. The van der Waals surface area contributed by atoms with E-state index in [9.17, 15) is 9.59 Å². The first-order chi connectivity index (χ1) is 13.1. The number of amides is 1. The molecule has 3 rings (SSSR count). The van der Waals surface area contributed by atoms with E-state index in [1.165, 1.54) is 7.11 Å². The second kappa shape index (κ2) is 8.58. The third-order valence-electron chi connectivity index (χ3n) is 4.19. The van der Waals surface area contributed by atoms with Crippen LogP contribution in [0.25, 0.3) is 0 Å². The van der Waals surface area contributed by atoms with E-state index < -0.39 is 12.1 Å². The topological polar surface area (TPSA) is 73.9 Å². The Bertz CT molecular complexity index is 801. The molecule has 6 nitrogen and oxygen atoms in total. The molecule has 0 spiro atoms. The van der Waals surface area contributed by atoms with Gasteiger partial charge in [0.25, 0.3) is 5.91 Å². The Hall–Kier alpha value is -3.02. The highest BCUT2D eigenvalue weighted by molar-refractivity contribution is 5.93. The van der Waals surface area contributed by atoms with Crippen LogP contribution in [-0.4, -0.2) is 31.6 Å². The molecule has 1 aliphatic carbocycles. The predicted molar refractivity (Wildman–Crippen MR) is 99.9 cm³/mol. The second-order valence-electron chi connectivity index (χ2n) is 6.28. The van der Waals surface area contributed by atoms with Crippen molar-refractivity contribution in [2.24, 2.45) is 0 Å². The SMILES string of the molecule is CCOc1cc(C(=O)O[C@@H](C(=O)NC2CC2)c2ccccc2)ccc1OC. The Kier molecular flexibility index (Phi) is 5.96. The molecule has 0 radical (unpaired) electrons. The van der Waals surface area contributed by atoms with Gasteiger partial charge in [-0.1, -0.05) is 30.3 Å². The first-order valence-electron chi connectivity index (χ1n) is 8.99. The minimum Gasteiger partial charge on any atom is -0.493 e. The van der Waals surface area contributed by atoms with Crippen molar-refractivity contribution in [2.75, 3.05) is 13.7 Å². The van der Waals surface area contributed by atoms with E-state index in [0.717, 1.165) is 12.8 Å². The smallest absolute Gasteiger partial charge is 0.339 e. The van der Waals surface area contributed by atoms with Gasteiger partial charge in [0.2, 0.25) is 6.10 Å². The van der Waals surface area contributed by atoms with Crippen LogP contribution in [-0.2, 0) is 9.53 Å². The first-order valence-corrected chi connectivity index (χ1v) is 8.99. The average molecular weight is 369 g/mol. The number of benzene rings is 2. The summed E-state index contributed by atoms with van der Waals surface area (Å²) in [7, 11) is 1.53. The van der Waals surface area contributed by atoms with E-state index in [-0.39, 0.29) is 11.9 Å². The molecule has 0 saturated heterocycles. The predicted octanol–water partition coefficient (Wildman–Crippen LogP) is 3.27. The molecular weight excluding hydrogens is 346 g/mol. The van der Waals surface area contributed by atoms with Gasteiger partial charge in [-0.05, 0) is 38.0 Å². The molecule has 0 unspecified atom stereocenters. The molecular formula is C21H23NO5. The zero-order valence-electron chi connectivity index (χ0n) is 15.4. The van der Waals surface area contributed by atoms with Crippen LogP contribution >= 0.6 is 0 Å². The Morgan fingerprint density at radius 2 is 1.85 bits per heavy atom. The zero-order valence-corrected chi connectivity index (χ0v) is 15.4. The van der Waals surface area contributed by atoms with Crippen LogP contribution in [0.2, 0.25) is 0 Å². The highest BCUT2D eigenvalue weighted by atomic mass is 16.5. The van der Waals surface area contributed by atoms with Gasteiger partial charge in [-0.2, -0.15) is 0 Å². The number of hydrogen-bond donors (Lipinski definition) is 1. The van der Waals surface area contributed by atoms with Crippen molar-refractivity contribution in [2.45, 2.75) is 31.9 Å². The van der Waals surface area contributed by atoms with Gasteiger partial charge in [0.05, 0.1) is 19.3 Å². The lowest BCUT2D eigenvalue weighted by Gasteiger charge is -2.18. The number of carbonyl (C=O) groups is 2. The minimum atomic E-state index is -1.00. The normalized spacial score (nSPS) is 14.1. The molecule has 0 aliphatic heterocycles. The molecule has 1 amide bonds. The third kappa shape index (κ3) is 4.78. The average Bonchev–Trinajstić information content (AvgIpc) is 3.50. The van der Waals surface area contributed by atoms with Gasteiger partial charge in [0, 0.05) is 11.6 Å². The van der Waals surface area contributed by atoms with E-state index in [1.54, 1.807) is 42.5 Å². The summed E-state index contributed by atoms with van der Waals surface area (Å²) >= 11 is 0. The van der Waals surface area contributed by atoms with E-state index in [4.69, 9.17) is 14.2 Å². The highest BCUT2D eigenvalue weighted by Crippen LogP contribution is 2.29. The van der Waals surface area contributed by atoms with Crippen molar-refractivity contribution in [1.29, 1.82) is 0 Å². The highest BCUT2D eigenvalue weighted by Gasteiger charge is 2.31. The van der Waals surface area contributed by atoms with Crippen molar-refractivity contribution in [1.82, 2.24) is 5.32 Å². The largest absolute Gasteiger partial charge is 0.493 e. The molecule has 1 fully saturated rings. The zero-order chi connectivity index (χ0) is 19.2. The second-order valence-corrected chi connectivity index (χ2v) is 6.28. The van der Waals surface area contributed by atoms with Gasteiger partial charge < -0.3 is 19.5 Å². The van der Waals surface area contributed by atoms with Crippen LogP contribution in [0, 0.1) is 0 Å². The summed E-state index contributed by atoms with van der Waals surface area (Å²) in [5.41, 5.74) is 0.918. The minimum absolute atomic E-state index is 0.174. The molecule has 0 heterocycles. The quantitative estimate of drug-likeness (QED) is 0.723. The first kappa shape index (κ1) is 18.8. The molecule has 27 heavy (non-hydrogen) atoms. The van der Waals surface area contributed by atoms with Crippen LogP contribution in [0.1, 0.15) is 41.8 Å². The van der Waals surface area contributed by atoms with Crippen molar-refractivity contribution in [3.8, 4) is 11.5 Å². The molecule has 142 valence electrons. The Morgan fingerprint density at radius 1 is 1.11 bits per heavy atom. The Balaban J connectivity index is 1.81. The van der Waals surface area contributed by atoms with E-state index in [0.29, 0.717) is 29.2 Å². The summed E-state index contributed by atoms with van der Waals surface area (Å²) in [4.78, 5) is 25.3. The van der Waals surface area contributed by atoms with Gasteiger partial charge in [0.1, 0.15) is 0 Å². The number of esters is 1. The molecule has 0 bridgehead atoms. The Labute approximate surface area is 158 Å². The summed E-state index contributed by atoms with van der Waals surface area (Å²) in [6.45, 7) is 2.28.